The van der Waals surface area contributed by atoms with Gasteiger partial charge in [0.15, 0.2) is 0 Å². The van der Waals surface area contributed by atoms with E-state index >= 15 is 0 Å². The van der Waals surface area contributed by atoms with Gasteiger partial charge in [0.1, 0.15) is 5.75 Å². The highest BCUT2D eigenvalue weighted by atomic mass is 16.5. The molecule has 1 atom stereocenters. The Hall–Kier alpha value is -1.59. The fraction of sp³-hybridized carbons (Fsp3) is 0.588. The number of nitrogens with zero attached hydrogens (tertiary/aromatic N) is 1. The maximum absolute atomic E-state index is 11.9. The molecule has 0 aromatic heterocycles. The molecule has 1 aliphatic heterocycles. The second kappa shape index (κ2) is 7.11. The third kappa shape index (κ3) is 3.78. The van der Waals surface area contributed by atoms with Crippen molar-refractivity contribution in [2.75, 3.05) is 40.0 Å². The number of morpholine rings is 1. The van der Waals surface area contributed by atoms with E-state index in [1.165, 1.54) is 5.56 Å². The van der Waals surface area contributed by atoms with E-state index in [0.29, 0.717) is 6.54 Å². The first kappa shape index (κ1) is 15.3. The number of hydrogen-bond donors (Lipinski definition) is 1. The van der Waals surface area contributed by atoms with Crippen LogP contribution in [0.5, 0.6) is 5.75 Å². The van der Waals surface area contributed by atoms with Crippen molar-refractivity contribution in [1.82, 2.24) is 10.2 Å². The normalized spacial score (nSPS) is 20.4. The van der Waals surface area contributed by atoms with E-state index in [4.69, 9.17) is 9.47 Å². The molecule has 1 aromatic carbocycles. The quantitative estimate of drug-likeness (QED) is 0.867. The van der Waals surface area contributed by atoms with Crippen molar-refractivity contribution in [3.05, 3.63) is 29.8 Å². The highest BCUT2D eigenvalue weighted by Gasteiger charge is 2.31. The van der Waals surface area contributed by atoms with Gasteiger partial charge < -0.3 is 14.8 Å². The van der Waals surface area contributed by atoms with Gasteiger partial charge in [-0.05, 0) is 30.5 Å². The van der Waals surface area contributed by atoms with Crippen LogP contribution >= 0.6 is 0 Å². The Balaban J connectivity index is 1.69. The molecular formula is C17H24N2O3. The first-order chi connectivity index (χ1) is 10.8. The van der Waals surface area contributed by atoms with Gasteiger partial charge in [0.05, 0.1) is 26.4 Å². The topological polar surface area (TPSA) is 50.8 Å². The van der Waals surface area contributed by atoms with E-state index < -0.39 is 0 Å². The number of methoxy groups -OCH3 is 1. The number of nitrogens with one attached hydrogen (secondary N) is 1. The average molecular weight is 304 g/mol. The lowest BCUT2D eigenvalue weighted by Gasteiger charge is -2.35. The van der Waals surface area contributed by atoms with Gasteiger partial charge in [0, 0.05) is 25.6 Å². The molecule has 5 nitrogen and oxygen atoms in total. The van der Waals surface area contributed by atoms with Crippen LogP contribution < -0.4 is 10.1 Å². The van der Waals surface area contributed by atoms with E-state index in [1.807, 2.05) is 12.1 Å². The average Bonchev–Trinajstić information content (AvgIpc) is 3.41. The summed E-state index contributed by atoms with van der Waals surface area (Å²) in [5.74, 6) is 1.31. The van der Waals surface area contributed by atoms with Crippen LogP contribution in [-0.2, 0) is 9.53 Å². The van der Waals surface area contributed by atoms with Gasteiger partial charge >= 0.3 is 0 Å². The fourth-order valence-electron chi connectivity index (χ4n) is 2.86. The molecule has 22 heavy (non-hydrogen) atoms. The first-order valence-electron chi connectivity index (χ1n) is 8.01. The van der Waals surface area contributed by atoms with Crippen molar-refractivity contribution < 1.29 is 14.3 Å². The molecule has 120 valence electrons. The maximum atomic E-state index is 11.9. The Bertz CT molecular complexity index is 493. The van der Waals surface area contributed by atoms with E-state index in [1.54, 1.807) is 7.11 Å². The molecule has 0 bridgehead atoms. The zero-order valence-electron chi connectivity index (χ0n) is 13.1. The molecule has 1 aromatic rings. The summed E-state index contributed by atoms with van der Waals surface area (Å²) in [5, 5.41) is 3.12. The van der Waals surface area contributed by atoms with Crippen LogP contribution in [0.2, 0.25) is 0 Å². The molecule has 1 saturated heterocycles. The van der Waals surface area contributed by atoms with Crippen molar-refractivity contribution in [2.45, 2.75) is 18.9 Å². The molecule has 0 radical (unpaired) electrons. The summed E-state index contributed by atoms with van der Waals surface area (Å²) >= 11 is 0. The van der Waals surface area contributed by atoms with E-state index in [9.17, 15) is 4.79 Å². The monoisotopic (exact) mass is 304 g/mol. The minimum atomic E-state index is 0.192. The highest BCUT2D eigenvalue weighted by molar-refractivity contribution is 5.80. The molecule has 2 aliphatic rings. The van der Waals surface area contributed by atoms with E-state index in [-0.39, 0.29) is 17.9 Å². The second-order valence-corrected chi connectivity index (χ2v) is 5.96. The largest absolute Gasteiger partial charge is 0.497 e. The van der Waals surface area contributed by atoms with Crippen LogP contribution in [0.25, 0.3) is 0 Å². The predicted octanol–water partition coefficient (Wildman–Crippen LogP) is 1.59. The third-order valence-electron chi connectivity index (χ3n) is 4.40. The zero-order chi connectivity index (χ0) is 15.4. The molecule has 1 aliphatic carbocycles. The zero-order valence-corrected chi connectivity index (χ0v) is 13.1. The molecule has 2 fully saturated rings. The summed E-state index contributed by atoms with van der Waals surface area (Å²) in [4.78, 5) is 14.3. The molecule has 1 amide bonds. The molecule has 1 N–H and O–H groups in total. The van der Waals surface area contributed by atoms with Gasteiger partial charge in [-0.25, -0.2) is 0 Å². The first-order valence-corrected chi connectivity index (χ1v) is 8.01. The summed E-state index contributed by atoms with van der Waals surface area (Å²) in [5.41, 5.74) is 1.21. The number of amides is 1. The molecule has 1 heterocycles. The van der Waals surface area contributed by atoms with Gasteiger partial charge in [-0.3, -0.25) is 9.69 Å². The Morgan fingerprint density at radius 3 is 2.59 bits per heavy atom. The van der Waals surface area contributed by atoms with Crippen molar-refractivity contribution in [3.63, 3.8) is 0 Å². The standard InChI is InChI=1S/C17H24N2O3/c1-21-15-6-4-13(5-7-15)16(19-8-10-22-11-9-19)12-18-17(20)14-2-3-14/h4-7,14,16H,2-3,8-12H2,1H3,(H,18,20)/t16-/m0/s1. The molecular weight excluding hydrogens is 280 g/mol. The van der Waals surface area contributed by atoms with Crippen LogP contribution in [0.3, 0.4) is 0 Å². The van der Waals surface area contributed by atoms with Crippen LogP contribution in [0, 0.1) is 5.92 Å². The summed E-state index contributed by atoms with van der Waals surface area (Å²) < 4.78 is 10.7. The SMILES string of the molecule is COc1ccc([C@H](CNC(=O)C2CC2)N2CCOCC2)cc1. The number of benzene rings is 1. The van der Waals surface area contributed by atoms with Crippen molar-refractivity contribution in [2.24, 2.45) is 5.92 Å². The summed E-state index contributed by atoms with van der Waals surface area (Å²) in [6.45, 7) is 3.96. The molecule has 0 spiro atoms. The molecule has 0 unspecified atom stereocenters. The van der Waals surface area contributed by atoms with Gasteiger partial charge in [-0.2, -0.15) is 0 Å². The van der Waals surface area contributed by atoms with Crippen LogP contribution in [-0.4, -0.2) is 50.8 Å². The van der Waals surface area contributed by atoms with Crippen LogP contribution in [0.15, 0.2) is 24.3 Å². The van der Waals surface area contributed by atoms with Gasteiger partial charge in [-0.15, -0.1) is 0 Å². The minimum absolute atomic E-state index is 0.192. The van der Waals surface area contributed by atoms with Crippen LogP contribution in [0.4, 0.5) is 0 Å². The van der Waals surface area contributed by atoms with Gasteiger partial charge in [0.2, 0.25) is 5.91 Å². The lowest BCUT2D eigenvalue weighted by Crippen LogP contribution is -2.44. The van der Waals surface area contributed by atoms with Gasteiger partial charge in [0.25, 0.3) is 0 Å². The number of ether oxygens (including phenoxy) is 2. The Kier molecular flexibility index (Phi) is 4.95. The smallest absolute Gasteiger partial charge is 0.223 e. The van der Waals surface area contributed by atoms with Crippen molar-refractivity contribution >= 4 is 5.91 Å². The predicted molar refractivity (Wildman–Crippen MR) is 83.9 cm³/mol. The van der Waals surface area contributed by atoms with E-state index in [0.717, 1.165) is 44.9 Å². The van der Waals surface area contributed by atoms with Crippen LogP contribution in [0.1, 0.15) is 24.4 Å². The molecule has 1 saturated carbocycles. The summed E-state index contributed by atoms with van der Waals surface area (Å²) in [6, 6.07) is 8.32. The fourth-order valence-corrected chi connectivity index (χ4v) is 2.86. The summed E-state index contributed by atoms with van der Waals surface area (Å²) in [7, 11) is 1.67. The Labute approximate surface area is 131 Å². The third-order valence-corrected chi connectivity index (χ3v) is 4.40. The lowest BCUT2D eigenvalue weighted by molar-refractivity contribution is -0.122. The molecule has 5 heteroatoms. The number of hydrogen-bond acceptors (Lipinski definition) is 4. The van der Waals surface area contributed by atoms with Crippen molar-refractivity contribution in [1.29, 1.82) is 0 Å². The number of carbonyl (C=O) groups is 1. The Morgan fingerprint density at radius 2 is 2.00 bits per heavy atom. The van der Waals surface area contributed by atoms with Crippen molar-refractivity contribution in [3.8, 4) is 5.75 Å². The van der Waals surface area contributed by atoms with E-state index in [2.05, 4.69) is 22.3 Å². The van der Waals surface area contributed by atoms with Gasteiger partial charge in [-0.1, -0.05) is 12.1 Å². The number of carbonyl (C=O) groups excluding carboxylic acids is 1. The molecule has 3 rings (SSSR count). The second-order valence-electron chi connectivity index (χ2n) is 5.96. The lowest BCUT2D eigenvalue weighted by atomic mass is 10.0. The number of rotatable bonds is 6. The highest BCUT2D eigenvalue weighted by Crippen LogP contribution is 2.29. The Morgan fingerprint density at radius 1 is 1.32 bits per heavy atom. The maximum Gasteiger partial charge on any atom is 0.223 e. The summed E-state index contributed by atoms with van der Waals surface area (Å²) in [6.07, 6.45) is 2.08. The minimum Gasteiger partial charge on any atom is -0.497 e.